The quantitative estimate of drug-likeness (QED) is 0.863. The van der Waals surface area contributed by atoms with E-state index < -0.39 is 0 Å². The minimum atomic E-state index is -0.0926. The predicted molar refractivity (Wildman–Crippen MR) is 83.4 cm³/mol. The molecule has 0 bridgehead atoms. The number of ether oxygens (including phenoxy) is 2. The summed E-state index contributed by atoms with van der Waals surface area (Å²) in [6, 6.07) is 3.85. The standard InChI is InChI=1S/C15H18N4O2S/c1-11-17-18-14(22-11)19-9-15(10-19)7-12(4-6-20-15)21-13-3-2-5-16-8-13/h2-3,5,8,12H,4,6-7,9-10H2,1H3. The maximum Gasteiger partial charge on any atom is 0.208 e. The second-order valence-corrected chi connectivity index (χ2v) is 7.07. The molecule has 7 heteroatoms. The number of hydrogen-bond acceptors (Lipinski definition) is 7. The Morgan fingerprint density at radius 1 is 1.41 bits per heavy atom. The van der Waals surface area contributed by atoms with Crippen molar-refractivity contribution in [2.45, 2.75) is 31.5 Å². The van der Waals surface area contributed by atoms with Gasteiger partial charge in [0.15, 0.2) is 0 Å². The van der Waals surface area contributed by atoms with Gasteiger partial charge >= 0.3 is 0 Å². The number of aromatic nitrogens is 3. The summed E-state index contributed by atoms with van der Waals surface area (Å²) >= 11 is 1.63. The number of pyridine rings is 1. The lowest BCUT2D eigenvalue weighted by Gasteiger charge is -2.52. The summed E-state index contributed by atoms with van der Waals surface area (Å²) in [5.41, 5.74) is -0.0926. The Balaban J connectivity index is 1.38. The molecule has 1 spiro atoms. The molecule has 116 valence electrons. The fourth-order valence-electron chi connectivity index (χ4n) is 3.11. The molecule has 0 N–H and O–H groups in total. The molecular formula is C15H18N4O2S. The van der Waals surface area contributed by atoms with Gasteiger partial charge in [-0.2, -0.15) is 0 Å². The number of hydrogen-bond donors (Lipinski definition) is 0. The van der Waals surface area contributed by atoms with Gasteiger partial charge in [-0.15, -0.1) is 10.2 Å². The van der Waals surface area contributed by atoms with Crippen molar-refractivity contribution >= 4 is 16.5 Å². The zero-order valence-corrected chi connectivity index (χ0v) is 13.3. The third-order valence-corrected chi connectivity index (χ3v) is 5.03. The molecule has 0 radical (unpaired) electrons. The molecule has 0 amide bonds. The second kappa shape index (κ2) is 5.48. The highest BCUT2D eigenvalue weighted by Crippen LogP contribution is 2.38. The van der Waals surface area contributed by atoms with E-state index in [1.807, 2.05) is 19.1 Å². The van der Waals surface area contributed by atoms with Crippen molar-refractivity contribution in [1.82, 2.24) is 15.2 Å². The van der Waals surface area contributed by atoms with Crippen molar-refractivity contribution in [1.29, 1.82) is 0 Å². The molecule has 1 unspecified atom stereocenters. The van der Waals surface area contributed by atoms with Gasteiger partial charge in [-0.1, -0.05) is 11.3 Å². The van der Waals surface area contributed by atoms with Crippen LogP contribution in [-0.4, -0.2) is 46.6 Å². The summed E-state index contributed by atoms with van der Waals surface area (Å²) in [7, 11) is 0. The van der Waals surface area contributed by atoms with Gasteiger partial charge in [-0.3, -0.25) is 4.98 Å². The molecule has 22 heavy (non-hydrogen) atoms. The van der Waals surface area contributed by atoms with Crippen LogP contribution in [0, 0.1) is 6.92 Å². The smallest absolute Gasteiger partial charge is 0.208 e. The zero-order valence-electron chi connectivity index (χ0n) is 12.4. The average Bonchev–Trinajstić information content (AvgIpc) is 2.92. The highest BCUT2D eigenvalue weighted by atomic mass is 32.1. The van der Waals surface area contributed by atoms with Gasteiger partial charge in [-0.05, 0) is 19.1 Å². The topological polar surface area (TPSA) is 60.4 Å². The van der Waals surface area contributed by atoms with Gasteiger partial charge < -0.3 is 14.4 Å². The lowest BCUT2D eigenvalue weighted by Crippen LogP contribution is -2.66. The summed E-state index contributed by atoms with van der Waals surface area (Å²) in [6.45, 7) is 4.46. The van der Waals surface area contributed by atoms with E-state index in [-0.39, 0.29) is 11.7 Å². The van der Waals surface area contributed by atoms with Crippen molar-refractivity contribution < 1.29 is 9.47 Å². The maximum absolute atomic E-state index is 6.05. The van der Waals surface area contributed by atoms with Crippen molar-refractivity contribution in [3.63, 3.8) is 0 Å². The molecular weight excluding hydrogens is 300 g/mol. The van der Waals surface area contributed by atoms with Gasteiger partial charge in [0.2, 0.25) is 5.13 Å². The lowest BCUT2D eigenvalue weighted by molar-refractivity contribution is -0.126. The Bertz CT molecular complexity index is 642. The Hall–Kier alpha value is -1.73. The third-order valence-electron chi connectivity index (χ3n) is 4.13. The van der Waals surface area contributed by atoms with E-state index in [0.29, 0.717) is 0 Å². The van der Waals surface area contributed by atoms with Crippen LogP contribution in [-0.2, 0) is 4.74 Å². The van der Waals surface area contributed by atoms with E-state index >= 15 is 0 Å². The Morgan fingerprint density at radius 2 is 2.32 bits per heavy atom. The van der Waals surface area contributed by atoms with Gasteiger partial charge in [0.05, 0.1) is 25.9 Å². The van der Waals surface area contributed by atoms with Crippen LogP contribution < -0.4 is 9.64 Å². The van der Waals surface area contributed by atoms with Crippen LogP contribution in [0.2, 0.25) is 0 Å². The molecule has 1 atom stereocenters. The monoisotopic (exact) mass is 318 g/mol. The molecule has 0 saturated carbocycles. The number of nitrogens with zero attached hydrogens (tertiary/aromatic N) is 4. The summed E-state index contributed by atoms with van der Waals surface area (Å²) in [5.74, 6) is 0.834. The molecule has 0 aliphatic carbocycles. The van der Waals surface area contributed by atoms with Crippen molar-refractivity contribution in [2.75, 3.05) is 24.6 Å². The Kier molecular flexibility index (Phi) is 3.46. The first-order valence-corrected chi connectivity index (χ1v) is 8.30. The van der Waals surface area contributed by atoms with E-state index in [0.717, 1.165) is 48.4 Å². The zero-order chi connectivity index (χ0) is 15.0. The minimum absolute atomic E-state index is 0.0926. The van der Waals surface area contributed by atoms with Crippen LogP contribution in [0.25, 0.3) is 0 Å². The van der Waals surface area contributed by atoms with E-state index in [9.17, 15) is 0 Å². The van der Waals surface area contributed by atoms with Gasteiger partial charge in [0.1, 0.15) is 22.5 Å². The van der Waals surface area contributed by atoms with Crippen molar-refractivity contribution in [2.24, 2.45) is 0 Å². The largest absolute Gasteiger partial charge is 0.489 e. The Labute approximate surface area is 133 Å². The van der Waals surface area contributed by atoms with E-state index in [1.165, 1.54) is 0 Å². The molecule has 4 heterocycles. The highest BCUT2D eigenvalue weighted by Gasteiger charge is 2.49. The molecule has 4 rings (SSSR count). The summed E-state index contributed by atoms with van der Waals surface area (Å²) in [4.78, 5) is 6.33. The fraction of sp³-hybridized carbons (Fsp3) is 0.533. The van der Waals surface area contributed by atoms with Crippen LogP contribution in [0.15, 0.2) is 24.5 Å². The lowest BCUT2D eigenvalue weighted by atomic mass is 9.85. The number of aryl methyl sites for hydroxylation is 1. The first-order chi connectivity index (χ1) is 10.7. The third kappa shape index (κ3) is 2.66. The highest BCUT2D eigenvalue weighted by molar-refractivity contribution is 7.15. The second-order valence-electron chi connectivity index (χ2n) is 5.91. The summed E-state index contributed by atoms with van der Waals surface area (Å²) in [5, 5.41) is 10.3. The van der Waals surface area contributed by atoms with Gasteiger partial charge in [-0.25, -0.2) is 0 Å². The van der Waals surface area contributed by atoms with Crippen molar-refractivity contribution in [3.8, 4) is 5.75 Å². The molecule has 2 saturated heterocycles. The SMILES string of the molecule is Cc1nnc(N2CC3(CC(Oc4cccnc4)CCO3)C2)s1. The van der Waals surface area contributed by atoms with E-state index in [2.05, 4.69) is 20.1 Å². The molecule has 2 fully saturated rings. The van der Waals surface area contributed by atoms with Crippen LogP contribution in [0.4, 0.5) is 5.13 Å². The van der Waals surface area contributed by atoms with Crippen molar-refractivity contribution in [3.05, 3.63) is 29.5 Å². The molecule has 2 aromatic heterocycles. The average molecular weight is 318 g/mol. The van der Waals surface area contributed by atoms with E-state index in [4.69, 9.17) is 9.47 Å². The summed E-state index contributed by atoms with van der Waals surface area (Å²) < 4.78 is 12.1. The van der Waals surface area contributed by atoms with Gasteiger partial charge in [0, 0.05) is 19.0 Å². The Morgan fingerprint density at radius 3 is 3.05 bits per heavy atom. The predicted octanol–water partition coefficient (Wildman–Crippen LogP) is 2.06. The molecule has 2 aliphatic rings. The number of rotatable bonds is 3. The first-order valence-electron chi connectivity index (χ1n) is 7.48. The van der Waals surface area contributed by atoms with Crippen LogP contribution in [0.5, 0.6) is 5.75 Å². The van der Waals surface area contributed by atoms with Crippen LogP contribution >= 0.6 is 11.3 Å². The minimum Gasteiger partial charge on any atom is -0.489 e. The molecule has 6 nitrogen and oxygen atoms in total. The molecule has 0 aromatic carbocycles. The van der Waals surface area contributed by atoms with Crippen LogP contribution in [0.3, 0.4) is 0 Å². The van der Waals surface area contributed by atoms with Crippen LogP contribution in [0.1, 0.15) is 17.8 Å². The van der Waals surface area contributed by atoms with Gasteiger partial charge in [0.25, 0.3) is 0 Å². The first kappa shape index (κ1) is 13.9. The van der Waals surface area contributed by atoms with E-state index in [1.54, 1.807) is 23.7 Å². The fourth-order valence-corrected chi connectivity index (χ4v) is 3.80. The number of anilines is 1. The normalized spacial score (nSPS) is 23.3. The molecule has 2 aromatic rings. The summed E-state index contributed by atoms with van der Waals surface area (Å²) in [6.07, 6.45) is 5.55. The molecule has 2 aliphatic heterocycles. The maximum atomic E-state index is 6.05.